The van der Waals surface area contributed by atoms with Crippen LogP contribution in [0.25, 0.3) is 0 Å². The van der Waals surface area contributed by atoms with Crippen LogP contribution in [-0.4, -0.2) is 110 Å². The van der Waals surface area contributed by atoms with Crippen molar-refractivity contribution in [2.75, 3.05) is 46.2 Å². The topological polar surface area (TPSA) is 258 Å². The summed E-state index contributed by atoms with van der Waals surface area (Å²) in [7, 11) is 0. The molecule has 1 fully saturated rings. The third kappa shape index (κ3) is 15.4. The van der Waals surface area contributed by atoms with Gasteiger partial charge in [0.2, 0.25) is 0 Å². The Morgan fingerprint density at radius 1 is 0.539 bits per heavy atom. The minimum Gasteiger partial charge on any atom is -0.462 e. The van der Waals surface area contributed by atoms with E-state index >= 15 is 0 Å². The molecule has 3 aromatic rings. The highest BCUT2D eigenvalue weighted by Crippen LogP contribution is 2.68. The second-order valence-electron chi connectivity index (χ2n) is 16.1. The Labute approximate surface area is 453 Å². The standard InChI is InChI=1S/C52H49N3O17S4/c1-6-65-21-22-70-50(64)34(27-53)51-73-42-40(71-37(58)19-17-35(56)66-23-25-68-48(62)30(2)3)44-45(41(43(42)74-51)72-38(59)20-18-36(57)67-24-26-69-49(63)31(4)5)76-52(75-44)39-46(60)54(28-32-13-9-7-10-14-32)55(47(39)61)29-33-15-11-8-12-16-33/h7-16H,2,4,6,17-26,28-29H2,1,3,5H3. The number of nitrogens with zero attached hydrogens (tertiary/aromatic N) is 3. The number of hydrazine groups is 1. The van der Waals surface area contributed by atoms with Gasteiger partial charge < -0.3 is 37.9 Å². The van der Waals surface area contributed by atoms with Crippen LogP contribution >= 0.6 is 47.0 Å². The van der Waals surface area contributed by atoms with Crippen LogP contribution in [0.5, 0.6) is 11.5 Å². The van der Waals surface area contributed by atoms with Crippen LogP contribution in [0.4, 0.5) is 0 Å². The molecule has 3 aromatic carbocycles. The van der Waals surface area contributed by atoms with E-state index < -0.39 is 84.9 Å². The molecule has 20 nitrogen and oxygen atoms in total. The van der Waals surface area contributed by atoms with Gasteiger partial charge in [-0.2, -0.15) is 5.26 Å². The Hall–Kier alpha value is -7.30. The lowest BCUT2D eigenvalue weighted by Crippen LogP contribution is -2.39. The largest absolute Gasteiger partial charge is 0.462 e. The molecule has 0 saturated carbocycles. The second kappa shape index (κ2) is 28.0. The molecule has 0 aliphatic carbocycles. The van der Waals surface area contributed by atoms with Crippen LogP contribution in [-0.2, 0) is 84.7 Å². The number of carbonyl (C=O) groups is 9. The van der Waals surface area contributed by atoms with Gasteiger partial charge in [-0.05, 0) is 31.9 Å². The molecule has 76 heavy (non-hydrogen) atoms. The summed E-state index contributed by atoms with van der Waals surface area (Å²) in [5.41, 5.74) is 1.04. The zero-order valence-corrected chi connectivity index (χ0v) is 44.6. The van der Waals surface area contributed by atoms with Gasteiger partial charge in [-0.25, -0.2) is 24.4 Å². The SMILES string of the molecule is C=C(C)C(=O)OCCOC(=O)CCC(=O)Oc1c2c(c(OC(=O)CCC(=O)OCCOC(=O)C(=C)C)c3c1SC(=C1C(=O)N(Cc4ccccc4)N(Cc4ccccc4)C1=O)S3)SC(=C(C#N)C(=O)OCCOCC)S2. The van der Waals surface area contributed by atoms with Crippen LogP contribution in [0.15, 0.2) is 124 Å². The fourth-order valence-electron chi connectivity index (χ4n) is 6.65. The lowest BCUT2D eigenvalue weighted by Gasteiger charge is -2.27. The van der Waals surface area contributed by atoms with E-state index in [0.717, 1.165) is 58.2 Å². The summed E-state index contributed by atoms with van der Waals surface area (Å²) in [6.45, 7) is 10.7. The van der Waals surface area contributed by atoms with Crippen molar-refractivity contribution in [2.24, 2.45) is 0 Å². The number of fused-ring (bicyclic) bond motifs is 2. The first-order valence-corrected chi connectivity index (χ1v) is 26.5. The van der Waals surface area contributed by atoms with Gasteiger partial charge in [0.25, 0.3) is 11.8 Å². The number of rotatable bonds is 25. The van der Waals surface area contributed by atoms with E-state index in [2.05, 4.69) is 13.2 Å². The highest BCUT2D eigenvalue weighted by Gasteiger charge is 2.47. The molecule has 0 radical (unpaired) electrons. The van der Waals surface area contributed by atoms with Crippen molar-refractivity contribution in [1.29, 1.82) is 5.26 Å². The maximum atomic E-state index is 14.7. The van der Waals surface area contributed by atoms with Gasteiger partial charge in [0.15, 0.2) is 17.1 Å². The fraction of sp³-hybridized carbons (Fsp3) is 0.308. The summed E-state index contributed by atoms with van der Waals surface area (Å²) in [5, 5.41) is 13.0. The summed E-state index contributed by atoms with van der Waals surface area (Å²) in [6, 6.07) is 19.9. The average molecular weight is 1120 g/mol. The first-order chi connectivity index (χ1) is 36.5. The number of hydrogen-bond donors (Lipinski definition) is 0. The van der Waals surface area contributed by atoms with Crippen LogP contribution in [0, 0.1) is 11.3 Å². The Balaban J connectivity index is 1.39. The summed E-state index contributed by atoms with van der Waals surface area (Å²) in [6.07, 6.45) is -2.05. The number of hydrogen-bond acceptors (Lipinski definition) is 22. The Morgan fingerprint density at radius 2 is 0.921 bits per heavy atom. The smallest absolute Gasteiger partial charge is 0.350 e. The minimum absolute atomic E-state index is 0.0131. The molecular formula is C52H49N3O17S4. The number of amides is 2. The Morgan fingerprint density at radius 3 is 1.33 bits per heavy atom. The van der Waals surface area contributed by atoms with Crippen molar-refractivity contribution in [3.8, 4) is 17.6 Å². The van der Waals surface area contributed by atoms with E-state index in [9.17, 15) is 48.4 Å². The maximum absolute atomic E-state index is 14.7. The summed E-state index contributed by atoms with van der Waals surface area (Å²) < 4.78 is 42.9. The van der Waals surface area contributed by atoms with Gasteiger partial charge in [-0.3, -0.25) is 28.8 Å². The second-order valence-corrected chi connectivity index (χ2v) is 20.7. The molecule has 3 aliphatic heterocycles. The highest BCUT2D eigenvalue weighted by atomic mass is 32.2. The molecule has 0 spiro atoms. The van der Waals surface area contributed by atoms with Crippen molar-refractivity contribution in [3.63, 3.8) is 0 Å². The van der Waals surface area contributed by atoms with E-state index in [0.29, 0.717) is 6.61 Å². The molecular weight excluding hydrogens is 1070 g/mol. The predicted molar refractivity (Wildman–Crippen MR) is 274 cm³/mol. The first-order valence-electron chi connectivity index (χ1n) is 23.2. The van der Waals surface area contributed by atoms with Gasteiger partial charge in [-0.15, -0.1) is 0 Å². The van der Waals surface area contributed by atoms with Crippen molar-refractivity contribution < 1.29 is 81.0 Å². The van der Waals surface area contributed by atoms with Crippen molar-refractivity contribution >= 4 is 101 Å². The molecule has 3 aliphatic rings. The molecule has 6 rings (SSSR count). The number of benzene rings is 3. The molecule has 3 heterocycles. The third-order valence-corrected chi connectivity index (χ3v) is 15.5. The third-order valence-electron chi connectivity index (χ3n) is 10.3. The van der Waals surface area contributed by atoms with Gasteiger partial charge >= 0.3 is 41.8 Å². The van der Waals surface area contributed by atoms with Gasteiger partial charge in [0, 0.05) is 17.8 Å². The molecule has 0 aromatic heterocycles. The summed E-state index contributed by atoms with van der Waals surface area (Å²) in [4.78, 5) is 120. The van der Waals surface area contributed by atoms with Gasteiger partial charge in [0.1, 0.15) is 44.7 Å². The Bertz CT molecular complexity index is 2770. The molecule has 1 saturated heterocycles. The molecule has 0 unspecified atom stereocenters. The van der Waals surface area contributed by atoms with Gasteiger partial charge in [-0.1, -0.05) is 121 Å². The fourth-order valence-corrected chi connectivity index (χ4v) is 12.1. The maximum Gasteiger partial charge on any atom is 0.350 e. The molecule has 0 bridgehead atoms. The zero-order valence-electron chi connectivity index (χ0n) is 41.3. The quantitative estimate of drug-likeness (QED) is 0.0153. The van der Waals surface area contributed by atoms with Crippen molar-refractivity contribution in [1.82, 2.24) is 10.0 Å². The van der Waals surface area contributed by atoms with Crippen LogP contribution < -0.4 is 9.47 Å². The van der Waals surface area contributed by atoms with E-state index in [4.69, 9.17) is 37.9 Å². The van der Waals surface area contributed by atoms with Crippen LogP contribution in [0.2, 0.25) is 0 Å². The van der Waals surface area contributed by atoms with E-state index in [-0.39, 0.29) is 109 Å². The van der Waals surface area contributed by atoms with Crippen LogP contribution in [0.1, 0.15) is 57.6 Å². The number of esters is 7. The van der Waals surface area contributed by atoms with E-state index in [1.165, 1.54) is 23.9 Å². The lowest BCUT2D eigenvalue weighted by atomic mass is 10.2. The normalized spacial score (nSPS) is 13.3. The predicted octanol–water partition coefficient (Wildman–Crippen LogP) is 7.29. The zero-order chi connectivity index (χ0) is 54.9. The number of nitriles is 1. The summed E-state index contributed by atoms with van der Waals surface area (Å²) in [5.74, 6) is -7.65. The first kappa shape index (κ1) is 58.0. The molecule has 2 amide bonds. The van der Waals surface area contributed by atoms with Crippen LogP contribution in [0.3, 0.4) is 0 Å². The molecule has 398 valence electrons. The van der Waals surface area contributed by atoms with Crippen molar-refractivity contribution in [3.05, 3.63) is 116 Å². The molecule has 0 N–H and O–H groups in total. The monoisotopic (exact) mass is 1120 g/mol. The molecule has 0 atom stereocenters. The Kier molecular flexibility index (Phi) is 21.4. The number of thioether (sulfide) groups is 4. The number of ether oxygens (including phenoxy) is 8. The molecule has 24 heteroatoms. The van der Waals surface area contributed by atoms with Crippen molar-refractivity contribution in [2.45, 2.75) is 79.1 Å². The van der Waals surface area contributed by atoms with E-state index in [1.807, 2.05) is 18.2 Å². The lowest BCUT2D eigenvalue weighted by molar-refractivity contribution is -0.151. The van der Waals surface area contributed by atoms with Gasteiger partial charge in [0.05, 0.1) is 73.4 Å². The average Bonchev–Trinajstić information content (AvgIpc) is 4.15. The number of carbonyl (C=O) groups excluding carboxylic acids is 9. The summed E-state index contributed by atoms with van der Waals surface area (Å²) >= 11 is 3.33. The minimum atomic E-state index is -1.01. The highest BCUT2D eigenvalue weighted by molar-refractivity contribution is 8.26. The van der Waals surface area contributed by atoms with E-state index in [1.54, 1.807) is 55.5 Å².